The van der Waals surface area contributed by atoms with Crippen LogP contribution in [0.1, 0.15) is 32.1 Å². The van der Waals surface area contributed by atoms with Crippen LogP contribution in [0.4, 0.5) is 5.69 Å². The summed E-state index contributed by atoms with van der Waals surface area (Å²) in [4.78, 5) is 48.7. The molecule has 0 saturated carbocycles. The molecule has 3 rings (SSSR count). The molecule has 0 fully saturated rings. The fourth-order valence-corrected chi connectivity index (χ4v) is 2.79. The van der Waals surface area contributed by atoms with Crippen LogP contribution in [0.3, 0.4) is 0 Å². The third-order valence-corrected chi connectivity index (χ3v) is 4.12. The molecule has 9 heteroatoms. The monoisotopic (exact) mass is 370 g/mol. The Bertz CT molecular complexity index is 963. The highest BCUT2D eigenvalue weighted by Crippen LogP contribution is 2.24. The summed E-state index contributed by atoms with van der Waals surface area (Å²) < 4.78 is 6.45. The number of carbonyl (C=O) groups is 4. The number of esters is 1. The number of ether oxygens (including phenoxy) is 1. The van der Waals surface area contributed by atoms with Crippen LogP contribution in [0.2, 0.25) is 0 Å². The molecule has 140 valence electrons. The number of nitrogens with one attached hydrogen (secondary N) is 1. The highest BCUT2D eigenvalue weighted by molar-refractivity contribution is 6.21. The Morgan fingerprint density at radius 3 is 2.48 bits per heavy atom. The molecular formula is C18H18N4O5. The molecule has 0 unspecified atom stereocenters. The Hall–Kier alpha value is -3.49. The Morgan fingerprint density at radius 1 is 1.11 bits per heavy atom. The van der Waals surface area contributed by atoms with Crippen molar-refractivity contribution in [2.45, 2.75) is 20.4 Å². The zero-order chi connectivity index (χ0) is 19.7. The van der Waals surface area contributed by atoms with E-state index < -0.39 is 24.4 Å². The van der Waals surface area contributed by atoms with Gasteiger partial charge >= 0.3 is 5.97 Å². The predicted molar refractivity (Wildman–Crippen MR) is 94.2 cm³/mol. The number of anilines is 1. The Kier molecular flexibility index (Phi) is 4.76. The summed E-state index contributed by atoms with van der Waals surface area (Å²) in [6.07, 6.45) is 0. The smallest absolute Gasteiger partial charge is 0.328 e. The maximum atomic E-state index is 12.0. The molecule has 2 heterocycles. The van der Waals surface area contributed by atoms with Crippen molar-refractivity contribution in [2.24, 2.45) is 0 Å². The van der Waals surface area contributed by atoms with E-state index in [2.05, 4.69) is 10.4 Å². The predicted octanol–water partition coefficient (Wildman–Crippen LogP) is 0.908. The first kappa shape index (κ1) is 18.3. The van der Waals surface area contributed by atoms with Crippen molar-refractivity contribution in [3.05, 3.63) is 46.8 Å². The topological polar surface area (TPSA) is 111 Å². The first-order chi connectivity index (χ1) is 12.8. The summed E-state index contributed by atoms with van der Waals surface area (Å²) in [7, 11) is 1.39. The van der Waals surface area contributed by atoms with Crippen molar-refractivity contribution in [3.8, 4) is 0 Å². The molecule has 1 aromatic heterocycles. The second-order valence-electron chi connectivity index (χ2n) is 6.22. The molecule has 1 aliphatic heterocycles. The number of amides is 3. The minimum absolute atomic E-state index is 0.0885. The molecule has 0 atom stereocenters. The second-order valence-corrected chi connectivity index (χ2v) is 6.22. The van der Waals surface area contributed by atoms with Crippen molar-refractivity contribution in [3.63, 3.8) is 0 Å². The molecule has 1 aromatic carbocycles. The summed E-state index contributed by atoms with van der Waals surface area (Å²) in [6, 6.07) is 6.24. The van der Waals surface area contributed by atoms with E-state index in [0.717, 1.165) is 16.3 Å². The van der Waals surface area contributed by atoms with Gasteiger partial charge in [-0.1, -0.05) is 0 Å². The van der Waals surface area contributed by atoms with Crippen molar-refractivity contribution < 1.29 is 23.9 Å². The van der Waals surface area contributed by atoms with Crippen LogP contribution in [0.25, 0.3) is 0 Å². The molecule has 27 heavy (non-hydrogen) atoms. The van der Waals surface area contributed by atoms with Crippen LogP contribution >= 0.6 is 0 Å². The van der Waals surface area contributed by atoms with Gasteiger partial charge in [-0.15, -0.1) is 0 Å². The fourth-order valence-electron chi connectivity index (χ4n) is 2.79. The van der Waals surface area contributed by atoms with Gasteiger partial charge in [0.05, 0.1) is 16.8 Å². The molecule has 3 amide bonds. The first-order valence-electron chi connectivity index (χ1n) is 8.19. The van der Waals surface area contributed by atoms with Crippen molar-refractivity contribution in [1.29, 1.82) is 0 Å². The summed E-state index contributed by atoms with van der Waals surface area (Å²) in [5, 5.41) is 6.69. The van der Waals surface area contributed by atoms with Crippen LogP contribution in [0.5, 0.6) is 0 Å². The third-order valence-electron chi connectivity index (χ3n) is 4.12. The largest absolute Gasteiger partial charge is 0.454 e. The molecule has 0 bridgehead atoms. The van der Waals surface area contributed by atoms with Gasteiger partial charge < -0.3 is 10.1 Å². The van der Waals surface area contributed by atoms with Crippen LogP contribution in [0.15, 0.2) is 24.3 Å². The van der Waals surface area contributed by atoms with E-state index in [1.54, 1.807) is 0 Å². The van der Waals surface area contributed by atoms with Gasteiger partial charge in [-0.3, -0.25) is 28.8 Å². The lowest BCUT2D eigenvalue weighted by Crippen LogP contribution is -2.24. The molecule has 2 aromatic rings. The van der Waals surface area contributed by atoms with E-state index in [0.29, 0.717) is 5.69 Å². The van der Waals surface area contributed by atoms with E-state index in [4.69, 9.17) is 4.74 Å². The van der Waals surface area contributed by atoms with E-state index in [9.17, 15) is 19.2 Å². The summed E-state index contributed by atoms with van der Waals surface area (Å²) in [6.45, 7) is 3.07. The molecule has 0 spiro atoms. The lowest BCUT2D eigenvalue weighted by atomic mass is 10.1. The number of fused-ring (bicyclic) bond motifs is 1. The van der Waals surface area contributed by atoms with Gasteiger partial charge in [0, 0.05) is 18.4 Å². The summed E-state index contributed by atoms with van der Waals surface area (Å²) >= 11 is 0. The maximum absolute atomic E-state index is 12.0. The number of nitrogens with zero attached hydrogens (tertiary/aromatic N) is 3. The zero-order valence-corrected chi connectivity index (χ0v) is 15.1. The standard InChI is InChI=1S/C18H18N4O5/c1-10-6-11(2)22(20-10)8-16(24)27-9-15(23)19-12-4-5-13-14(7-12)18(26)21(3)17(13)25/h4-7H,8-9H2,1-3H3,(H,19,23). The number of hydrogen-bond acceptors (Lipinski definition) is 6. The molecule has 1 aliphatic rings. The van der Waals surface area contributed by atoms with Crippen molar-refractivity contribution in [1.82, 2.24) is 14.7 Å². The number of aryl methyl sites for hydroxylation is 2. The summed E-state index contributed by atoms with van der Waals surface area (Å²) in [5.74, 6) is -1.96. The van der Waals surface area contributed by atoms with Gasteiger partial charge in [0.25, 0.3) is 17.7 Å². The number of benzene rings is 1. The molecule has 0 radical (unpaired) electrons. The molecule has 9 nitrogen and oxygen atoms in total. The van der Waals surface area contributed by atoms with Gasteiger partial charge in [0.2, 0.25) is 0 Å². The SMILES string of the molecule is Cc1cc(C)n(CC(=O)OCC(=O)Nc2ccc3c(c2)C(=O)N(C)C3=O)n1. The maximum Gasteiger partial charge on any atom is 0.328 e. The number of imide groups is 1. The molecule has 0 saturated heterocycles. The number of carbonyl (C=O) groups excluding carboxylic acids is 4. The average molecular weight is 370 g/mol. The third kappa shape index (κ3) is 3.71. The highest BCUT2D eigenvalue weighted by Gasteiger charge is 2.32. The highest BCUT2D eigenvalue weighted by atomic mass is 16.5. The van der Waals surface area contributed by atoms with Gasteiger partial charge in [-0.05, 0) is 38.1 Å². The van der Waals surface area contributed by atoms with Crippen LogP contribution < -0.4 is 5.32 Å². The number of aromatic nitrogens is 2. The van der Waals surface area contributed by atoms with E-state index >= 15 is 0 Å². The Morgan fingerprint density at radius 2 is 1.81 bits per heavy atom. The van der Waals surface area contributed by atoms with Gasteiger partial charge in [0.15, 0.2) is 6.61 Å². The second kappa shape index (κ2) is 7.02. The van der Waals surface area contributed by atoms with Crippen LogP contribution in [0, 0.1) is 13.8 Å². The minimum Gasteiger partial charge on any atom is -0.454 e. The normalized spacial score (nSPS) is 12.9. The quantitative estimate of drug-likeness (QED) is 0.619. The van der Waals surface area contributed by atoms with Gasteiger partial charge in [-0.2, -0.15) is 5.10 Å². The lowest BCUT2D eigenvalue weighted by Gasteiger charge is -2.08. The molecular weight excluding hydrogens is 352 g/mol. The minimum atomic E-state index is -0.590. The lowest BCUT2D eigenvalue weighted by molar-refractivity contribution is -0.148. The van der Waals surface area contributed by atoms with Gasteiger partial charge in [-0.25, -0.2) is 0 Å². The van der Waals surface area contributed by atoms with Crippen molar-refractivity contribution in [2.75, 3.05) is 19.0 Å². The fraction of sp³-hybridized carbons (Fsp3) is 0.278. The van der Waals surface area contributed by atoms with E-state index in [-0.39, 0.29) is 23.6 Å². The van der Waals surface area contributed by atoms with E-state index in [1.807, 2.05) is 19.9 Å². The van der Waals surface area contributed by atoms with Gasteiger partial charge in [0.1, 0.15) is 6.54 Å². The number of hydrogen-bond donors (Lipinski definition) is 1. The Balaban J connectivity index is 1.56. The summed E-state index contributed by atoms with van der Waals surface area (Å²) in [5.41, 5.74) is 2.45. The van der Waals surface area contributed by atoms with E-state index in [1.165, 1.54) is 29.9 Å². The van der Waals surface area contributed by atoms with Crippen molar-refractivity contribution >= 4 is 29.4 Å². The average Bonchev–Trinajstić information content (AvgIpc) is 3.04. The Labute approximate surface area is 154 Å². The van der Waals surface area contributed by atoms with Crippen LogP contribution in [-0.2, 0) is 20.9 Å². The molecule has 0 aliphatic carbocycles. The number of rotatable bonds is 5. The zero-order valence-electron chi connectivity index (χ0n) is 15.1. The first-order valence-corrected chi connectivity index (χ1v) is 8.19. The van der Waals surface area contributed by atoms with Crippen LogP contribution in [-0.4, -0.2) is 52.0 Å². The molecule has 1 N–H and O–H groups in total.